The van der Waals surface area contributed by atoms with Crippen LogP contribution in [0.15, 0.2) is 18.2 Å². The summed E-state index contributed by atoms with van der Waals surface area (Å²) in [5.74, 6) is 2.02. The van der Waals surface area contributed by atoms with Crippen molar-refractivity contribution < 1.29 is 9.53 Å². The zero-order valence-electron chi connectivity index (χ0n) is 13.9. The molecule has 6 nitrogen and oxygen atoms in total. The van der Waals surface area contributed by atoms with E-state index in [1.807, 2.05) is 30.9 Å². The number of aryl methyl sites for hydroxylation is 1. The molecule has 0 aliphatic carbocycles. The lowest BCUT2D eigenvalue weighted by atomic mass is 10.0. The van der Waals surface area contributed by atoms with Gasteiger partial charge in [0.05, 0.1) is 6.04 Å². The Morgan fingerprint density at radius 3 is 3.00 bits per heavy atom. The number of piperidine rings is 1. The van der Waals surface area contributed by atoms with Crippen molar-refractivity contribution in [1.29, 1.82) is 0 Å². The average Bonchev–Trinajstić information content (AvgIpc) is 3.02. The number of halogens is 1. The molecule has 1 fully saturated rings. The molecule has 1 atom stereocenters. The van der Waals surface area contributed by atoms with Gasteiger partial charge in [-0.2, -0.15) is 5.10 Å². The van der Waals surface area contributed by atoms with E-state index >= 15 is 0 Å². The van der Waals surface area contributed by atoms with Gasteiger partial charge in [-0.1, -0.05) is 17.7 Å². The summed E-state index contributed by atoms with van der Waals surface area (Å²) < 4.78 is 5.70. The number of likely N-dealkylation sites (tertiary alicyclic amines) is 1. The van der Waals surface area contributed by atoms with Crippen molar-refractivity contribution in [3.05, 3.63) is 40.4 Å². The summed E-state index contributed by atoms with van der Waals surface area (Å²) in [5, 5.41) is 7.71. The Balaban J connectivity index is 1.69. The fraction of sp³-hybridized carbons (Fsp3) is 0.471. The number of benzene rings is 1. The fourth-order valence-electron chi connectivity index (χ4n) is 2.97. The topological polar surface area (TPSA) is 71.1 Å². The van der Waals surface area contributed by atoms with Crippen LogP contribution in [0.4, 0.5) is 0 Å². The van der Waals surface area contributed by atoms with Crippen molar-refractivity contribution in [1.82, 2.24) is 20.1 Å². The molecule has 0 saturated carbocycles. The van der Waals surface area contributed by atoms with E-state index < -0.39 is 0 Å². The quantitative estimate of drug-likeness (QED) is 0.921. The number of rotatable bonds is 4. The van der Waals surface area contributed by atoms with Gasteiger partial charge in [0, 0.05) is 17.1 Å². The van der Waals surface area contributed by atoms with Crippen LogP contribution in [-0.2, 0) is 4.79 Å². The predicted molar refractivity (Wildman–Crippen MR) is 91.1 cm³/mol. The van der Waals surface area contributed by atoms with E-state index in [1.165, 1.54) is 0 Å². The van der Waals surface area contributed by atoms with Crippen LogP contribution in [0.1, 0.15) is 42.5 Å². The normalized spacial score (nSPS) is 17.8. The molecule has 1 N–H and O–H groups in total. The van der Waals surface area contributed by atoms with E-state index in [9.17, 15) is 4.79 Å². The molecule has 2 aromatic rings. The van der Waals surface area contributed by atoms with Crippen LogP contribution in [0.25, 0.3) is 0 Å². The number of carbonyl (C=O) groups excluding carboxylic acids is 1. The number of amides is 1. The molecule has 1 aromatic carbocycles. The standard InChI is InChI=1S/C17H21ClN4O2/c1-11-13(18)6-5-8-15(11)24-10-16(23)22-9-4-3-7-14(22)17-19-12(2)20-21-17/h5-6,8,14H,3-4,7,9-10H2,1-2H3,(H,19,20,21)/t14-/m0/s1. The first-order chi connectivity index (χ1) is 11.6. The van der Waals surface area contributed by atoms with E-state index in [4.69, 9.17) is 16.3 Å². The van der Waals surface area contributed by atoms with Gasteiger partial charge in [0.15, 0.2) is 12.4 Å². The summed E-state index contributed by atoms with van der Waals surface area (Å²) in [4.78, 5) is 18.9. The van der Waals surface area contributed by atoms with Crippen LogP contribution >= 0.6 is 11.6 Å². The third-order valence-corrected chi connectivity index (χ3v) is 4.71. The van der Waals surface area contributed by atoms with Crippen molar-refractivity contribution in [2.45, 2.75) is 39.2 Å². The summed E-state index contributed by atoms with van der Waals surface area (Å²) in [6, 6.07) is 5.36. The van der Waals surface area contributed by atoms with Gasteiger partial charge in [0.1, 0.15) is 11.6 Å². The van der Waals surface area contributed by atoms with Crippen LogP contribution in [-0.4, -0.2) is 39.1 Å². The number of carbonyl (C=O) groups is 1. The lowest BCUT2D eigenvalue weighted by Gasteiger charge is -2.34. The molecule has 128 valence electrons. The van der Waals surface area contributed by atoms with Gasteiger partial charge >= 0.3 is 0 Å². The van der Waals surface area contributed by atoms with Gasteiger partial charge in [-0.15, -0.1) is 0 Å². The zero-order valence-corrected chi connectivity index (χ0v) is 14.6. The monoisotopic (exact) mass is 348 g/mol. The van der Waals surface area contributed by atoms with Gasteiger partial charge in [-0.3, -0.25) is 9.89 Å². The maximum absolute atomic E-state index is 12.7. The molecule has 24 heavy (non-hydrogen) atoms. The minimum atomic E-state index is -0.0831. The van der Waals surface area contributed by atoms with Gasteiger partial charge in [0.2, 0.25) is 0 Å². The van der Waals surface area contributed by atoms with E-state index in [-0.39, 0.29) is 18.6 Å². The van der Waals surface area contributed by atoms with E-state index in [0.717, 1.165) is 30.7 Å². The van der Waals surface area contributed by atoms with Crippen LogP contribution in [0.3, 0.4) is 0 Å². The molecule has 1 saturated heterocycles. The number of hydrogen-bond acceptors (Lipinski definition) is 4. The van der Waals surface area contributed by atoms with Gasteiger partial charge in [0.25, 0.3) is 5.91 Å². The number of ether oxygens (including phenoxy) is 1. The molecular weight excluding hydrogens is 328 g/mol. The Morgan fingerprint density at radius 1 is 1.42 bits per heavy atom. The molecule has 1 aromatic heterocycles. The number of aromatic amines is 1. The molecule has 0 radical (unpaired) electrons. The third kappa shape index (κ3) is 3.53. The van der Waals surface area contributed by atoms with E-state index in [1.54, 1.807) is 6.07 Å². The molecule has 1 aliphatic heterocycles. The highest BCUT2D eigenvalue weighted by molar-refractivity contribution is 6.31. The van der Waals surface area contributed by atoms with Gasteiger partial charge in [-0.25, -0.2) is 4.98 Å². The Labute approximate surface area is 146 Å². The highest BCUT2D eigenvalue weighted by Crippen LogP contribution is 2.29. The fourth-order valence-corrected chi connectivity index (χ4v) is 3.14. The molecule has 0 bridgehead atoms. The van der Waals surface area contributed by atoms with Crippen molar-refractivity contribution in [2.24, 2.45) is 0 Å². The minimum absolute atomic E-state index is 0.0128. The van der Waals surface area contributed by atoms with Gasteiger partial charge in [-0.05, 0) is 45.2 Å². The summed E-state index contributed by atoms with van der Waals surface area (Å²) in [5.41, 5.74) is 0.840. The van der Waals surface area contributed by atoms with Crippen LogP contribution in [0, 0.1) is 13.8 Å². The molecule has 1 amide bonds. The highest BCUT2D eigenvalue weighted by atomic mass is 35.5. The second kappa shape index (κ2) is 7.21. The minimum Gasteiger partial charge on any atom is -0.483 e. The smallest absolute Gasteiger partial charge is 0.261 e. The Hall–Kier alpha value is -2.08. The van der Waals surface area contributed by atoms with E-state index in [0.29, 0.717) is 23.1 Å². The first kappa shape index (κ1) is 16.8. The van der Waals surface area contributed by atoms with Crippen LogP contribution in [0.5, 0.6) is 5.75 Å². The summed E-state index contributed by atoms with van der Waals surface area (Å²) >= 11 is 6.09. The maximum atomic E-state index is 12.7. The second-order valence-corrected chi connectivity index (χ2v) is 6.44. The highest BCUT2D eigenvalue weighted by Gasteiger charge is 2.30. The van der Waals surface area contributed by atoms with Crippen molar-refractivity contribution in [2.75, 3.05) is 13.2 Å². The SMILES string of the molecule is Cc1nc([C@@H]2CCCCN2C(=O)COc2cccc(Cl)c2C)n[nH]1. The maximum Gasteiger partial charge on any atom is 0.261 e. The lowest BCUT2D eigenvalue weighted by Crippen LogP contribution is -2.41. The molecular formula is C17H21ClN4O2. The number of hydrogen-bond donors (Lipinski definition) is 1. The van der Waals surface area contributed by atoms with Gasteiger partial charge < -0.3 is 9.64 Å². The third-order valence-electron chi connectivity index (χ3n) is 4.30. The molecule has 7 heteroatoms. The number of nitrogens with zero attached hydrogens (tertiary/aromatic N) is 3. The molecule has 0 spiro atoms. The first-order valence-electron chi connectivity index (χ1n) is 8.12. The Morgan fingerprint density at radius 2 is 2.25 bits per heavy atom. The summed E-state index contributed by atoms with van der Waals surface area (Å²) in [6.45, 7) is 4.43. The summed E-state index contributed by atoms with van der Waals surface area (Å²) in [7, 11) is 0. The number of nitrogens with one attached hydrogen (secondary N) is 1. The molecule has 2 heterocycles. The predicted octanol–water partition coefficient (Wildman–Crippen LogP) is 3.21. The molecule has 0 unspecified atom stereocenters. The Kier molecular flexibility index (Phi) is 5.04. The zero-order chi connectivity index (χ0) is 17.1. The van der Waals surface area contributed by atoms with Crippen LogP contribution in [0.2, 0.25) is 5.02 Å². The number of aromatic nitrogens is 3. The largest absolute Gasteiger partial charge is 0.483 e. The Bertz CT molecular complexity index is 731. The number of H-pyrrole nitrogens is 1. The van der Waals surface area contributed by atoms with E-state index in [2.05, 4.69) is 15.2 Å². The molecule has 3 rings (SSSR count). The average molecular weight is 349 g/mol. The van der Waals surface area contributed by atoms with Crippen LogP contribution < -0.4 is 4.74 Å². The first-order valence-corrected chi connectivity index (χ1v) is 8.50. The second-order valence-electron chi connectivity index (χ2n) is 6.03. The van der Waals surface area contributed by atoms with Crippen molar-refractivity contribution in [3.8, 4) is 5.75 Å². The summed E-state index contributed by atoms with van der Waals surface area (Å²) in [6.07, 6.45) is 2.93. The molecule has 1 aliphatic rings. The van der Waals surface area contributed by atoms with Crippen molar-refractivity contribution >= 4 is 17.5 Å². The lowest BCUT2D eigenvalue weighted by molar-refractivity contribution is -0.137. The van der Waals surface area contributed by atoms with Crippen molar-refractivity contribution in [3.63, 3.8) is 0 Å².